The second-order valence-corrected chi connectivity index (χ2v) is 6.02. The van der Waals surface area contributed by atoms with Gasteiger partial charge in [0.25, 0.3) is 5.91 Å². The van der Waals surface area contributed by atoms with Gasteiger partial charge in [0.2, 0.25) is 0 Å². The molecule has 1 N–H and O–H groups in total. The Bertz CT molecular complexity index is 713. The Labute approximate surface area is 140 Å². The first-order valence-corrected chi connectivity index (χ1v) is 7.84. The van der Waals surface area contributed by atoms with E-state index in [2.05, 4.69) is 5.32 Å². The molecule has 23 heavy (non-hydrogen) atoms. The van der Waals surface area contributed by atoms with Gasteiger partial charge in [-0.1, -0.05) is 35.9 Å². The van der Waals surface area contributed by atoms with E-state index >= 15 is 0 Å². The Morgan fingerprint density at radius 1 is 1.17 bits per heavy atom. The molecule has 0 spiro atoms. The quantitative estimate of drug-likeness (QED) is 0.880. The van der Waals surface area contributed by atoms with E-state index in [-0.39, 0.29) is 18.1 Å². The molecule has 0 unspecified atom stereocenters. The van der Waals surface area contributed by atoms with E-state index in [4.69, 9.17) is 21.1 Å². The lowest BCUT2D eigenvalue weighted by molar-refractivity contribution is -0.124. The molecule has 0 saturated heterocycles. The highest BCUT2D eigenvalue weighted by molar-refractivity contribution is 6.30. The van der Waals surface area contributed by atoms with Crippen LogP contribution >= 0.6 is 11.6 Å². The monoisotopic (exact) mass is 331 g/mol. The normalized spacial score (nSPS) is 14.9. The third-order valence-electron chi connectivity index (χ3n) is 3.93. The molecule has 1 aliphatic rings. The molecule has 0 aliphatic heterocycles. The maximum absolute atomic E-state index is 12.2. The van der Waals surface area contributed by atoms with Gasteiger partial charge in [0.1, 0.15) is 0 Å². The van der Waals surface area contributed by atoms with Crippen molar-refractivity contribution in [2.75, 3.05) is 13.7 Å². The number of carbonyl (C=O) groups is 1. The number of methoxy groups -OCH3 is 1. The molecule has 0 aromatic heterocycles. The molecule has 0 radical (unpaired) electrons. The van der Waals surface area contributed by atoms with Gasteiger partial charge in [-0.2, -0.15) is 0 Å². The minimum Gasteiger partial charge on any atom is -0.493 e. The summed E-state index contributed by atoms with van der Waals surface area (Å²) in [4.78, 5) is 12.2. The Hall–Kier alpha value is -2.20. The van der Waals surface area contributed by atoms with E-state index in [9.17, 15) is 4.79 Å². The number of hydrogen-bond acceptors (Lipinski definition) is 3. The average molecular weight is 332 g/mol. The van der Waals surface area contributed by atoms with Crippen LogP contribution in [0.15, 0.2) is 48.5 Å². The first-order valence-electron chi connectivity index (χ1n) is 7.46. The van der Waals surface area contributed by atoms with Gasteiger partial charge in [-0.25, -0.2) is 0 Å². The summed E-state index contributed by atoms with van der Waals surface area (Å²) >= 11 is 6.04. The number of halogens is 1. The number of amides is 1. The summed E-state index contributed by atoms with van der Waals surface area (Å²) in [5.41, 5.74) is 0.738. The average Bonchev–Trinajstić information content (AvgIpc) is 3.34. The minimum atomic E-state index is -0.299. The Balaban J connectivity index is 1.61. The smallest absolute Gasteiger partial charge is 0.258 e. The number of nitrogens with one attached hydrogen (secondary N) is 1. The summed E-state index contributed by atoms with van der Waals surface area (Å²) in [5.74, 6) is 1.00. The summed E-state index contributed by atoms with van der Waals surface area (Å²) in [6, 6.07) is 14.9. The predicted molar refractivity (Wildman–Crippen MR) is 89.0 cm³/mol. The Kier molecular flexibility index (Phi) is 4.44. The molecule has 3 rings (SSSR count). The van der Waals surface area contributed by atoms with Crippen LogP contribution in [0.3, 0.4) is 0 Å². The zero-order chi connectivity index (χ0) is 16.3. The fourth-order valence-corrected chi connectivity index (χ4v) is 2.77. The molecule has 4 nitrogen and oxygen atoms in total. The highest BCUT2D eigenvalue weighted by Gasteiger charge is 2.45. The van der Waals surface area contributed by atoms with E-state index in [0.29, 0.717) is 16.5 Å². The molecule has 0 bridgehead atoms. The maximum atomic E-state index is 12.2. The minimum absolute atomic E-state index is 0.0529. The van der Waals surface area contributed by atoms with Crippen molar-refractivity contribution in [1.29, 1.82) is 0 Å². The number of carbonyl (C=O) groups excluding carboxylic acids is 1. The number of rotatable bonds is 6. The molecule has 1 amide bonds. The van der Waals surface area contributed by atoms with E-state index in [1.807, 2.05) is 36.4 Å². The summed E-state index contributed by atoms with van der Waals surface area (Å²) in [7, 11) is 1.57. The number of hydrogen-bond donors (Lipinski definition) is 1. The van der Waals surface area contributed by atoms with Crippen molar-refractivity contribution in [2.45, 2.75) is 18.4 Å². The standard InChI is InChI=1S/C18H18ClNO3/c1-22-15-7-2-3-8-16(15)23-12-17(21)20-18(9-10-18)13-5-4-6-14(19)11-13/h2-8,11H,9-10,12H2,1H3,(H,20,21). The largest absolute Gasteiger partial charge is 0.493 e. The molecule has 2 aromatic rings. The van der Waals surface area contributed by atoms with Crippen LogP contribution in [0.2, 0.25) is 5.02 Å². The fraction of sp³-hybridized carbons (Fsp3) is 0.278. The van der Waals surface area contributed by atoms with Crippen molar-refractivity contribution in [2.24, 2.45) is 0 Å². The molecule has 1 saturated carbocycles. The van der Waals surface area contributed by atoms with Crippen molar-refractivity contribution in [3.8, 4) is 11.5 Å². The van der Waals surface area contributed by atoms with Crippen LogP contribution in [-0.2, 0) is 10.3 Å². The molecular formula is C18H18ClNO3. The van der Waals surface area contributed by atoms with Crippen LogP contribution in [0.5, 0.6) is 11.5 Å². The topological polar surface area (TPSA) is 47.6 Å². The van der Waals surface area contributed by atoms with Crippen molar-refractivity contribution in [3.63, 3.8) is 0 Å². The van der Waals surface area contributed by atoms with E-state index < -0.39 is 0 Å². The lowest BCUT2D eigenvalue weighted by Crippen LogP contribution is -2.38. The highest BCUT2D eigenvalue weighted by atomic mass is 35.5. The van der Waals surface area contributed by atoms with Crippen LogP contribution in [0.1, 0.15) is 18.4 Å². The zero-order valence-electron chi connectivity index (χ0n) is 12.8. The Morgan fingerprint density at radius 3 is 2.57 bits per heavy atom. The number of ether oxygens (including phenoxy) is 2. The molecule has 0 heterocycles. The maximum Gasteiger partial charge on any atom is 0.258 e. The highest BCUT2D eigenvalue weighted by Crippen LogP contribution is 2.45. The first kappa shape index (κ1) is 15.7. The molecule has 2 aromatic carbocycles. The first-order chi connectivity index (χ1) is 11.1. The van der Waals surface area contributed by atoms with Crippen molar-refractivity contribution in [3.05, 3.63) is 59.1 Å². The lowest BCUT2D eigenvalue weighted by atomic mass is 10.1. The number of para-hydroxylation sites is 2. The fourth-order valence-electron chi connectivity index (χ4n) is 2.58. The molecule has 1 aliphatic carbocycles. The number of benzene rings is 2. The van der Waals surface area contributed by atoms with Gasteiger partial charge in [-0.3, -0.25) is 4.79 Å². The van der Waals surface area contributed by atoms with Crippen molar-refractivity contribution in [1.82, 2.24) is 5.32 Å². The third kappa shape index (κ3) is 3.59. The van der Waals surface area contributed by atoms with Gasteiger partial charge in [-0.15, -0.1) is 0 Å². The van der Waals surface area contributed by atoms with Crippen molar-refractivity contribution >= 4 is 17.5 Å². The predicted octanol–water partition coefficient (Wildman–Crippen LogP) is 3.53. The van der Waals surface area contributed by atoms with Gasteiger partial charge in [0.05, 0.1) is 12.6 Å². The van der Waals surface area contributed by atoms with Gasteiger partial charge < -0.3 is 14.8 Å². The van der Waals surface area contributed by atoms with E-state index in [1.165, 1.54) is 0 Å². The van der Waals surface area contributed by atoms with Crippen LogP contribution in [0.25, 0.3) is 0 Å². The summed E-state index contributed by atoms with van der Waals surface area (Å²) in [6.45, 7) is -0.0529. The van der Waals surface area contributed by atoms with Gasteiger partial charge in [0.15, 0.2) is 18.1 Å². The van der Waals surface area contributed by atoms with Crippen LogP contribution in [-0.4, -0.2) is 19.6 Å². The SMILES string of the molecule is COc1ccccc1OCC(=O)NC1(c2cccc(Cl)c2)CC1. The molecule has 1 fully saturated rings. The lowest BCUT2D eigenvalue weighted by Gasteiger charge is -2.18. The Morgan fingerprint density at radius 2 is 1.91 bits per heavy atom. The van der Waals surface area contributed by atoms with E-state index in [0.717, 1.165) is 18.4 Å². The second kappa shape index (κ2) is 6.50. The second-order valence-electron chi connectivity index (χ2n) is 5.58. The molecular weight excluding hydrogens is 314 g/mol. The summed E-state index contributed by atoms with van der Waals surface area (Å²) in [5, 5.41) is 3.73. The summed E-state index contributed by atoms with van der Waals surface area (Å²) in [6.07, 6.45) is 1.82. The van der Waals surface area contributed by atoms with Crippen molar-refractivity contribution < 1.29 is 14.3 Å². The van der Waals surface area contributed by atoms with Crippen LogP contribution in [0.4, 0.5) is 0 Å². The van der Waals surface area contributed by atoms with Gasteiger partial charge in [0, 0.05) is 5.02 Å². The van der Waals surface area contributed by atoms with Gasteiger partial charge in [-0.05, 0) is 42.7 Å². The molecule has 0 atom stereocenters. The van der Waals surface area contributed by atoms with Crippen LogP contribution < -0.4 is 14.8 Å². The van der Waals surface area contributed by atoms with Gasteiger partial charge >= 0.3 is 0 Å². The van der Waals surface area contributed by atoms with Crippen LogP contribution in [0, 0.1) is 0 Å². The van der Waals surface area contributed by atoms with E-state index in [1.54, 1.807) is 19.2 Å². The molecule has 120 valence electrons. The zero-order valence-corrected chi connectivity index (χ0v) is 13.6. The third-order valence-corrected chi connectivity index (χ3v) is 4.17. The summed E-state index contributed by atoms with van der Waals surface area (Å²) < 4.78 is 10.8. The molecule has 5 heteroatoms.